The van der Waals surface area contributed by atoms with Crippen molar-refractivity contribution in [1.29, 1.82) is 0 Å². The van der Waals surface area contributed by atoms with Crippen LogP contribution in [0.1, 0.15) is 51.2 Å². The van der Waals surface area contributed by atoms with Crippen LogP contribution in [0.4, 0.5) is 4.39 Å². The highest BCUT2D eigenvalue weighted by molar-refractivity contribution is 5.31. The zero-order valence-corrected chi connectivity index (χ0v) is 11.9. The van der Waals surface area contributed by atoms with E-state index in [0.717, 1.165) is 18.4 Å². The molecule has 0 aromatic heterocycles. The predicted molar refractivity (Wildman–Crippen MR) is 73.8 cm³/mol. The van der Waals surface area contributed by atoms with Crippen molar-refractivity contribution < 1.29 is 4.39 Å². The van der Waals surface area contributed by atoms with E-state index in [9.17, 15) is 4.39 Å². The van der Waals surface area contributed by atoms with Crippen LogP contribution in [0.5, 0.6) is 0 Å². The molecule has 0 heterocycles. The largest absolute Gasteiger partial charge is 0.321 e. The Morgan fingerprint density at radius 2 is 1.94 bits per heavy atom. The van der Waals surface area contributed by atoms with Gasteiger partial charge in [-0.15, -0.1) is 0 Å². The third-order valence-electron chi connectivity index (χ3n) is 4.07. The number of benzene rings is 1. The van der Waals surface area contributed by atoms with Crippen LogP contribution in [0.2, 0.25) is 0 Å². The second-order valence-corrected chi connectivity index (χ2v) is 6.99. The van der Waals surface area contributed by atoms with Gasteiger partial charge in [-0.3, -0.25) is 0 Å². The number of hydrogen-bond acceptors (Lipinski definition) is 1. The fourth-order valence-electron chi connectivity index (χ4n) is 3.86. The van der Waals surface area contributed by atoms with Gasteiger partial charge >= 0.3 is 0 Å². The van der Waals surface area contributed by atoms with Crippen LogP contribution in [0.25, 0.3) is 0 Å². The van der Waals surface area contributed by atoms with E-state index in [4.69, 9.17) is 5.73 Å². The Hall–Kier alpha value is -0.890. The van der Waals surface area contributed by atoms with Gasteiger partial charge in [-0.25, -0.2) is 4.39 Å². The third-order valence-corrected chi connectivity index (χ3v) is 4.07. The molecule has 2 unspecified atom stereocenters. The van der Waals surface area contributed by atoms with Crippen molar-refractivity contribution in [3.05, 3.63) is 35.1 Å². The first kappa shape index (κ1) is 13.5. The lowest BCUT2D eigenvalue weighted by Gasteiger charge is -2.46. The smallest absolute Gasteiger partial charge is 0.128 e. The van der Waals surface area contributed by atoms with E-state index in [0.29, 0.717) is 11.5 Å². The summed E-state index contributed by atoms with van der Waals surface area (Å²) in [4.78, 5) is 0. The minimum atomic E-state index is -0.517. The molecule has 2 heteroatoms. The Kier molecular flexibility index (Phi) is 3.26. The summed E-state index contributed by atoms with van der Waals surface area (Å²) >= 11 is 0. The monoisotopic (exact) mass is 249 g/mol. The molecule has 1 aromatic rings. The number of nitrogens with two attached hydrogens (primary N) is 1. The molecule has 1 saturated carbocycles. The zero-order valence-electron chi connectivity index (χ0n) is 11.9. The maximum atomic E-state index is 14.1. The van der Waals surface area contributed by atoms with Gasteiger partial charge in [0.25, 0.3) is 0 Å². The Bertz CT molecular complexity index is 452. The predicted octanol–water partition coefficient (Wildman–Crippen LogP) is 4.13. The van der Waals surface area contributed by atoms with E-state index >= 15 is 0 Å². The Morgan fingerprint density at radius 1 is 1.28 bits per heavy atom. The lowest BCUT2D eigenvalue weighted by atomic mass is 9.62. The number of rotatable bonds is 1. The molecule has 100 valence electrons. The van der Waals surface area contributed by atoms with Crippen LogP contribution in [-0.4, -0.2) is 0 Å². The normalized spacial score (nSPS) is 31.3. The van der Waals surface area contributed by atoms with E-state index in [-0.39, 0.29) is 11.2 Å². The van der Waals surface area contributed by atoms with E-state index in [1.165, 1.54) is 6.42 Å². The molecule has 2 atom stereocenters. The van der Waals surface area contributed by atoms with Gasteiger partial charge in [-0.1, -0.05) is 38.5 Å². The molecule has 0 bridgehead atoms. The first-order valence-electron chi connectivity index (χ1n) is 6.77. The summed E-state index contributed by atoms with van der Waals surface area (Å²) in [5.74, 6) is 0.381. The Morgan fingerprint density at radius 3 is 2.56 bits per heavy atom. The Balaban J connectivity index is 2.43. The summed E-state index contributed by atoms with van der Waals surface area (Å²) in [5.41, 5.74) is 8.02. The average molecular weight is 249 g/mol. The summed E-state index contributed by atoms with van der Waals surface area (Å²) in [6.45, 7) is 8.68. The van der Waals surface area contributed by atoms with Crippen LogP contribution < -0.4 is 5.73 Å². The fraction of sp³-hybridized carbons (Fsp3) is 0.625. The van der Waals surface area contributed by atoms with Crippen LogP contribution in [0.15, 0.2) is 18.2 Å². The van der Waals surface area contributed by atoms with Gasteiger partial charge in [0.05, 0.1) is 0 Å². The van der Waals surface area contributed by atoms with Crippen molar-refractivity contribution in [1.82, 2.24) is 0 Å². The maximum Gasteiger partial charge on any atom is 0.128 e. The summed E-state index contributed by atoms with van der Waals surface area (Å²) in [6.07, 6.45) is 2.89. The topological polar surface area (TPSA) is 26.0 Å². The van der Waals surface area contributed by atoms with Gasteiger partial charge in [-0.05, 0) is 43.6 Å². The number of halogens is 1. The average Bonchev–Trinajstić information content (AvgIpc) is 2.17. The van der Waals surface area contributed by atoms with E-state index in [1.807, 2.05) is 13.0 Å². The van der Waals surface area contributed by atoms with E-state index < -0.39 is 5.54 Å². The van der Waals surface area contributed by atoms with Gasteiger partial charge in [0.2, 0.25) is 0 Å². The van der Waals surface area contributed by atoms with Gasteiger partial charge < -0.3 is 5.73 Å². The molecule has 1 aromatic carbocycles. The van der Waals surface area contributed by atoms with Gasteiger partial charge in [-0.2, -0.15) is 0 Å². The summed E-state index contributed by atoms with van der Waals surface area (Å²) in [6, 6.07) is 5.27. The number of aryl methyl sites for hydroxylation is 1. The molecule has 1 nitrogen and oxygen atoms in total. The molecular weight excluding hydrogens is 225 g/mol. The molecule has 0 amide bonds. The molecule has 2 N–H and O–H groups in total. The summed E-state index contributed by atoms with van der Waals surface area (Å²) < 4.78 is 14.1. The molecular formula is C16H24FN. The standard InChI is InChI=1S/C16H24FN/c1-11-5-6-14(17)13(7-11)16(18)9-12(2)8-15(3,4)10-16/h5-7,12H,8-10,18H2,1-4H3. The SMILES string of the molecule is Cc1ccc(F)c(C2(N)CC(C)CC(C)(C)C2)c1. The molecule has 0 radical (unpaired) electrons. The van der Waals surface area contributed by atoms with E-state index in [2.05, 4.69) is 20.8 Å². The second kappa shape index (κ2) is 4.34. The maximum absolute atomic E-state index is 14.1. The molecule has 2 rings (SSSR count). The molecule has 1 aliphatic carbocycles. The second-order valence-electron chi connectivity index (χ2n) is 6.99. The van der Waals surface area contributed by atoms with Crippen LogP contribution in [-0.2, 0) is 5.54 Å². The third kappa shape index (κ3) is 2.59. The minimum Gasteiger partial charge on any atom is -0.321 e. The van der Waals surface area contributed by atoms with Gasteiger partial charge in [0, 0.05) is 11.1 Å². The van der Waals surface area contributed by atoms with Gasteiger partial charge in [0.1, 0.15) is 5.82 Å². The lowest BCUT2D eigenvalue weighted by Crippen LogP contribution is -2.47. The summed E-state index contributed by atoms with van der Waals surface area (Å²) in [5, 5.41) is 0. The van der Waals surface area contributed by atoms with Crippen LogP contribution in [0, 0.1) is 24.1 Å². The molecule has 0 aliphatic heterocycles. The first-order chi connectivity index (χ1) is 8.22. The number of hydrogen-bond donors (Lipinski definition) is 1. The first-order valence-corrected chi connectivity index (χ1v) is 6.77. The van der Waals surface area contributed by atoms with Gasteiger partial charge in [0.15, 0.2) is 0 Å². The quantitative estimate of drug-likeness (QED) is 0.795. The highest BCUT2D eigenvalue weighted by atomic mass is 19.1. The molecule has 18 heavy (non-hydrogen) atoms. The molecule has 0 saturated heterocycles. The molecule has 0 spiro atoms. The van der Waals surface area contributed by atoms with Crippen molar-refractivity contribution in [2.24, 2.45) is 17.1 Å². The zero-order chi connectivity index (χ0) is 13.6. The summed E-state index contributed by atoms with van der Waals surface area (Å²) in [7, 11) is 0. The Labute approximate surface area is 110 Å². The van der Waals surface area contributed by atoms with Crippen molar-refractivity contribution >= 4 is 0 Å². The molecule has 1 fully saturated rings. The van der Waals surface area contributed by atoms with Crippen LogP contribution in [0.3, 0.4) is 0 Å². The lowest BCUT2D eigenvalue weighted by molar-refractivity contribution is 0.105. The van der Waals surface area contributed by atoms with E-state index in [1.54, 1.807) is 12.1 Å². The minimum absolute atomic E-state index is 0.159. The fourth-order valence-corrected chi connectivity index (χ4v) is 3.86. The highest BCUT2D eigenvalue weighted by Crippen LogP contribution is 2.47. The van der Waals surface area contributed by atoms with Crippen molar-refractivity contribution in [3.63, 3.8) is 0 Å². The van der Waals surface area contributed by atoms with Crippen molar-refractivity contribution in [2.75, 3.05) is 0 Å². The molecule has 1 aliphatic rings. The van der Waals surface area contributed by atoms with Crippen molar-refractivity contribution in [2.45, 2.75) is 52.5 Å². The van der Waals surface area contributed by atoms with Crippen LogP contribution >= 0.6 is 0 Å². The van der Waals surface area contributed by atoms with Crippen molar-refractivity contribution in [3.8, 4) is 0 Å². The highest BCUT2D eigenvalue weighted by Gasteiger charge is 2.42.